The van der Waals surface area contributed by atoms with Gasteiger partial charge < -0.3 is 15.4 Å². The van der Waals surface area contributed by atoms with Gasteiger partial charge in [-0.3, -0.25) is 14.5 Å². The van der Waals surface area contributed by atoms with E-state index in [-0.39, 0.29) is 17.7 Å². The first kappa shape index (κ1) is 23.7. The third kappa shape index (κ3) is 5.20. The number of carbonyl (C=O) groups excluding carboxylic acids is 2. The van der Waals surface area contributed by atoms with Crippen molar-refractivity contribution in [2.24, 2.45) is 11.7 Å². The quantitative estimate of drug-likeness (QED) is 0.366. The Labute approximate surface area is 203 Å². The van der Waals surface area contributed by atoms with E-state index < -0.39 is 0 Å². The molecule has 33 heavy (non-hydrogen) atoms. The SMILES string of the molecule is COCCCN1C(=O)/C(=C/c2cc3cc(C)ccc3nc2N2CCC(C(N)=O)CC2)SC1=S. The Morgan fingerprint density at radius 1 is 1.33 bits per heavy atom. The van der Waals surface area contributed by atoms with Crippen molar-refractivity contribution in [3.8, 4) is 0 Å². The molecule has 3 heterocycles. The van der Waals surface area contributed by atoms with E-state index in [1.54, 1.807) is 12.0 Å². The highest BCUT2D eigenvalue weighted by Gasteiger charge is 2.32. The van der Waals surface area contributed by atoms with Gasteiger partial charge in [-0.15, -0.1) is 0 Å². The largest absolute Gasteiger partial charge is 0.385 e. The minimum Gasteiger partial charge on any atom is -0.385 e. The molecule has 0 radical (unpaired) electrons. The van der Waals surface area contributed by atoms with Crippen LogP contribution in [0.2, 0.25) is 0 Å². The fourth-order valence-corrected chi connectivity index (χ4v) is 5.54. The van der Waals surface area contributed by atoms with Gasteiger partial charge in [0.15, 0.2) is 0 Å². The molecule has 2 aromatic rings. The molecule has 174 valence electrons. The molecule has 0 saturated carbocycles. The molecule has 0 atom stereocenters. The van der Waals surface area contributed by atoms with E-state index in [0.29, 0.717) is 48.3 Å². The van der Waals surface area contributed by atoms with E-state index in [0.717, 1.165) is 34.3 Å². The molecule has 1 aromatic carbocycles. The molecule has 2 fully saturated rings. The highest BCUT2D eigenvalue weighted by atomic mass is 32.2. The van der Waals surface area contributed by atoms with Crippen LogP contribution in [0.15, 0.2) is 29.2 Å². The molecule has 2 aliphatic heterocycles. The molecule has 7 nitrogen and oxygen atoms in total. The van der Waals surface area contributed by atoms with Gasteiger partial charge in [0.25, 0.3) is 5.91 Å². The first-order valence-corrected chi connectivity index (χ1v) is 12.3. The van der Waals surface area contributed by atoms with Crippen LogP contribution in [0, 0.1) is 12.8 Å². The number of amides is 2. The Bertz CT molecular complexity index is 1130. The summed E-state index contributed by atoms with van der Waals surface area (Å²) in [6.45, 7) is 4.55. The lowest BCUT2D eigenvalue weighted by Crippen LogP contribution is -2.39. The fourth-order valence-electron chi connectivity index (χ4n) is 4.24. The van der Waals surface area contributed by atoms with Crippen LogP contribution in [-0.2, 0) is 14.3 Å². The number of aryl methyl sites for hydroxylation is 1. The monoisotopic (exact) mass is 484 g/mol. The number of thioether (sulfide) groups is 1. The number of piperidine rings is 1. The van der Waals surface area contributed by atoms with Crippen LogP contribution in [0.1, 0.15) is 30.4 Å². The lowest BCUT2D eigenvalue weighted by molar-refractivity contribution is -0.123. The molecule has 2 N–H and O–H groups in total. The van der Waals surface area contributed by atoms with Crippen LogP contribution in [0.25, 0.3) is 17.0 Å². The minimum absolute atomic E-state index is 0.0798. The molecule has 1 aromatic heterocycles. The zero-order chi connectivity index (χ0) is 23.5. The molecular formula is C24H28N4O3S2. The molecule has 0 bridgehead atoms. The van der Waals surface area contributed by atoms with Crippen LogP contribution in [0.5, 0.6) is 0 Å². The van der Waals surface area contributed by atoms with E-state index in [1.807, 2.05) is 25.1 Å². The van der Waals surface area contributed by atoms with Crippen LogP contribution >= 0.6 is 24.0 Å². The predicted octanol–water partition coefficient (Wildman–Crippen LogP) is 3.48. The molecule has 0 unspecified atom stereocenters. The van der Waals surface area contributed by atoms with Crippen molar-refractivity contribution in [3.05, 3.63) is 40.3 Å². The summed E-state index contributed by atoms with van der Waals surface area (Å²) in [6.07, 6.45) is 4.03. The van der Waals surface area contributed by atoms with Crippen molar-refractivity contribution in [1.29, 1.82) is 0 Å². The maximum Gasteiger partial charge on any atom is 0.266 e. The van der Waals surface area contributed by atoms with Crippen molar-refractivity contribution >= 4 is 62.9 Å². The minimum atomic E-state index is -0.242. The number of nitrogens with two attached hydrogens (primary N) is 1. The van der Waals surface area contributed by atoms with E-state index in [1.165, 1.54) is 11.8 Å². The number of aromatic nitrogens is 1. The van der Waals surface area contributed by atoms with Gasteiger partial charge >= 0.3 is 0 Å². The van der Waals surface area contributed by atoms with Crippen LogP contribution < -0.4 is 10.6 Å². The fraction of sp³-hybridized carbons (Fsp3) is 0.417. The summed E-state index contributed by atoms with van der Waals surface area (Å²) in [4.78, 5) is 34.0. The smallest absolute Gasteiger partial charge is 0.266 e. The first-order chi connectivity index (χ1) is 15.9. The summed E-state index contributed by atoms with van der Waals surface area (Å²) in [5.41, 5.74) is 8.44. The number of fused-ring (bicyclic) bond motifs is 1. The van der Waals surface area contributed by atoms with Gasteiger partial charge in [0.2, 0.25) is 5.91 Å². The Hall–Kier alpha value is -2.49. The summed E-state index contributed by atoms with van der Waals surface area (Å²) in [5, 5.41) is 1.02. The third-order valence-corrected chi connectivity index (χ3v) is 7.44. The topological polar surface area (TPSA) is 88.8 Å². The van der Waals surface area contributed by atoms with Crippen molar-refractivity contribution in [2.45, 2.75) is 26.2 Å². The molecule has 0 spiro atoms. The van der Waals surface area contributed by atoms with Crippen LogP contribution in [-0.4, -0.2) is 59.4 Å². The number of thiocarbonyl (C=S) groups is 1. The number of ether oxygens (including phenoxy) is 1. The second kappa shape index (κ2) is 10.2. The molecule has 2 saturated heterocycles. The Kier molecular flexibility index (Phi) is 7.31. The molecule has 0 aliphatic carbocycles. The number of hydrogen-bond acceptors (Lipinski definition) is 7. The van der Waals surface area contributed by atoms with E-state index in [2.05, 4.69) is 17.0 Å². The summed E-state index contributed by atoms with van der Waals surface area (Å²) in [5.74, 6) is 0.396. The third-order valence-electron chi connectivity index (χ3n) is 6.07. The summed E-state index contributed by atoms with van der Waals surface area (Å²) in [6, 6.07) is 8.24. The summed E-state index contributed by atoms with van der Waals surface area (Å²) in [7, 11) is 1.65. The van der Waals surface area contributed by atoms with E-state index in [4.69, 9.17) is 27.7 Å². The van der Waals surface area contributed by atoms with Gasteiger partial charge in [-0.1, -0.05) is 35.6 Å². The van der Waals surface area contributed by atoms with Gasteiger partial charge in [0.05, 0.1) is 10.4 Å². The molecular weight excluding hydrogens is 456 g/mol. The molecule has 4 rings (SSSR count). The van der Waals surface area contributed by atoms with Crippen molar-refractivity contribution in [2.75, 3.05) is 38.3 Å². The zero-order valence-corrected chi connectivity index (χ0v) is 20.5. The summed E-state index contributed by atoms with van der Waals surface area (Å²) >= 11 is 6.79. The highest BCUT2D eigenvalue weighted by Crippen LogP contribution is 2.36. The standard InChI is InChI=1S/C24H28N4O3S2/c1-15-4-5-19-17(12-15)13-18(22(26-19)27-9-6-16(7-10-27)21(25)29)14-20-23(30)28(24(32)33-20)8-3-11-31-2/h4-5,12-14,16H,3,6-11H2,1-2H3,(H2,25,29)/b20-14-. The lowest BCUT2D eigenvalue weighted by atomic mass is 9.96. The van der Waals surface area contributed by atoms with Crippen LogP contribution in [0.4, 0.5) is 5.82 Å². The maximum absolute atomic E-state index is 13.1. The Balaban J connectivity index is 1.68. The molecule has 2 aliphatic rings. The second-order valence-electron chi connectivity index (χ2n) is 8.44. The number of benzene rings is 1. The number of carbonyl (C=O) groups is 2. The Morgan fingerprint density at radius 2 is 2.09 bits per heavy atom. The molecule has 9 heteroatoms. The number of anilines is 1. The van der Waals surface area contributed by atoms with Gasteiger partial charge in [-0.05, 0) is 50.5 Å². The maximum atomic E-state index is 13.1. The number of methoxy groups -OCH3 is 1. The van der Waals surface area contributed by atoms with Gasteiger partial charge in [0.1, 0.15) is 10.1 Å². The van der Waals surface area contributed by atoms with Crippen molar-refractivity contribution < 1.29 is 14.3 Å². The van der Waals surface area contributed by atoms with E-state index in [9.17, 15) is 9.59 Å². The average Bonchev–Trinajstić information content (AvgIpc) is 3.06. The summed E-state index contributed by atoms with van der Waals surface area (Å²) < 4.78 is 5.67. The Morgan fingerprint density at radius 3 is 2.79 bits per heavy atom. The first-order valence-electron chi connectivity index (χ1n) is 11.1. The van der Waals surface area contributed by atoms with Crippen molar-refractivity contribution in [1.82, 2.24) is 9.88 Å². The highest BCUT2D eigenvalue weighted by molar-refractivity contribution is 8.26. The number of rotatable bonds is 7. The zero-order valence-electron chi connectivity index (χ0n) is 18.9. The molecule has 2 amide bonds. The van der Waals surface area contributed by atoms with Gasteiger partial charge in [-0.25, -0.2) is 4.98 Å². The normalized spacial score (nSPS) is 18.7. The van der Waals surface area contributed by atoms with Crippen molar-refractivity contribution in [3.63, 3.8) is 0 Å². The number of primary amides is 1. The number of pyridine rings is 1. The van der Waals surface area contributed by atoms with E-state index >= 15 is 0 Å². The van der Waals surface area contributed by atoms with Gasteiger partial charge in [0, 0.05) is 50.2 Å². The number of nitrogens with zero attached hydrogens (tertiary/aromatic N) is 3. The lowest BCUT2D eigenvalue weighted by Gasteiger charge is -2.32. The second-order valence-corrected chi connectivity index (χ2v) is 10.1. The number of hydrogen-bond donors (Lipinski definition) is 1. The predicted molar refractivity (Wildman–Crippen MR) is 137 cm³/mol. The average molecular weight is 485 g/mol. The van der Waals surface area contributed by atoms with Crippen LogP contribution in [0.3, 0.4) is 0 Å². The van der Waals surface area contributed by atoms with Gasteiger partial charge in [-0.2, -0.15) is 0 Å².